The maximum absolute atomic E-state index is 13.4. The van der Waals surface area contributed by atoms with E-state index in [4.69, 9.17) is 18.9 Å². The van der Waals surface area contributed by atoms with Gasteiger partial charge in [0.25, 0.3) is 0 Å². The predicted octanol–water partition coefficient (Wildman–Crippen LogP) is 33.2. The van der Waals surface area contributed by atoms with Crippen LogP contribution in [0.25, 0.3) is 0 Å². The molecule has 0 rings (SSSR count). The first kappa shape index (κ1) is 118. The van der Waals surface area contributed by atoms with Gasteiger partial charge in [-0.1, -0.05) is 421 Å². The Kier molecular flexibility index (Phi) is 95.2. The van der Waals surface area contributed by atoms with Crippen LogP contribution < -0.4 is 5.32 Å². The van der Waals surface area contributed by atoms with E-state index in [-0.39, 0.29) is 53.8 Å². The number of hydrogen-bond donors (Lipinski definition) is 1. The molecule has 0 aromatic heterocycles. The van der Waals surface area contributed by atoms with Gasteiger partial charge < -0.3 is 34.1 Å². The van der Waals surface area contributed by atoms with Gasteiger partial charge in [0.1, 0.15) is 12.2 Å². The summed E-state index contributed by atoms with van der Waals surface area (Å²) in [7, 11) is 0. The molecular formula is C109H211N3O9. The Hall–Kier alpha value is -2.99. The summed E-state index contributed by atoms with van der Waals surface area (Å²) in [6.07, 6.45) is 98.3. The number of unbranched alkanes of at least 4 members (excludes halogenated alkanes) is 58. The molecule has 1 amide bonds. The summed E-state index contributed by atoms with van der Waals surface area (Å²) in [5, 5.41) is 3.25. The molecule has 0 aliphatic carbocycles. The van der Waals surface area contributed by atoms with Crippen LogP contribution in [0.5, 0.6) is 0 Å². The summed E-state index contributed by atoms with van der Waals surface area (Å²) in [4.78, 5) is 72.0. The lowest BCUT2D eigenvalue weighted by atomic mass is 9.94. The minimum atomic E-state index is -0.00415. The molecule has 0 aliphatic rings. The molecule has 12 heteroatoms. The van der Waals surface area contributed by atoms with Crippen LogP contribution in [0, 0.1) is 11.8 Å². The van der Waals surface area contributed by atoms with Gasteiger partial charge in [0.15, 0.2) is 0 Å². The third-order valence-electron chi connectivity index (χ3n) is 25.9. The molecule has 0 aliphatic heterocycles. The Morgan fingerprint density at radius 2 is 0.471 bits per heavy atom. The van der Waals surface area contributed by atoms with Crippen molar-refractivity contribution in [2.24, 2.45) is 11.8 Å². The Labute approximate surface area is 754 Å². The molecule has 0 unspecified atom stereocenters. The summed E-state index contributed by atoms with van der Waals surface area (Å²) >= 11 is 0. The van der Waals surface area contributed by atoms with Crippen molar-refractivity contribution in [3.05, 3.63) is 12.2 Å². The van der Waals surface area contributed by atoms with E-state index in [1.165, 1.54) is 302 Å². The highest BCUT2D eigenvalue weighted by Gasteiger charge is 2.23. The summed E-state index contributed by atoms with van der Waals surface area (Å²) in [6, 6.07) is 0. The van der Waals surface area contributed by atoms with E-state index in [1.54, 1.807) is 6.08 Å². The molecule has 0 bridgehead atoms. The lowest BCUT2D eigenvalue weighted by Crippen LogP contribution is -2.35. The van der Waals surface area contributed by atoms with Gasteiger partial charge in [0, 0.05) is 25.9 Å². The number of amides is 1. The SMILES string of the molecule is CCCCCCCCC(CCCCCCCC)OC(=O)CCCCCCCN(CCCCC=CC(=O)NCCN(CCCCCCCOC(=O)C(CCCCCCCC)CCCCCCCC)CCCCCCCC(=O)OC(CCCCCCCC)CCCCCCCC)CCCCCCCOC(=O)C(CCCCCCCC)CCCCCCCC. The maximum atomic E-state index is 13.4. The van der Waals surface area contributed by atoms with Crippen molar-refractivity contribution in [3.63, 3.8) is 0 Å². The number of carbonyl (C=O) groups is 5. The van der Waals surface area contributed by atoms with E-state index < -0.39 is 0 Å². The molecule has 1 N–H and O–H groups in total. The van der Waals surface area contributed by atoms with Crippen LogP contribution in [0.3, 0.4) is 0 Å². The first-order valence-electron chi connectivity index (χ1n) is 54.6. The van der Waals surface area contributed by atoms with Crippen molar-refractivity contribution in [1.29, 1.82) is 0 Å². The second-order valence-corrected chi connectivity index (χ2v) is 37.8. The second kappa shape index (κ2) is 97.6. The number of hydrogen-bond acceptors (Lipinski definition) is 11. The molecule has 0 saturated heterocycles. The number of esters is 4. The second-order valence-electron chi connectivity index (χ2n) is 37.8. The Morgan fingerprint density at radius 3 is 0.752 bits per heavy atom. The van der Waals surface area contributed by atoms with Gasteiger partial charge in [-0.25, -0.2) is 0 Å². The van der Waals surface area contributed by atoms with Crippen molar-refractivity contribution in [2.45, 2.75) is 588 Å². The van der Waals surface area contributed by atoms with E-state index in [1.807, 2.05) is 0 Å². The molecule has 12 nitrogen and oxygen atoms in total. The van der Waals surface area contributed by atoms with Gasteiger partial charge in [-0.2, -0.15) is 0 Å². The average molecular weight is 1710 g/mol. The predicted molar refractivity (Wildman–Crippen MR) is 523 cm³/mol. The molecule has 0 atom stereocenters. The van der Waals surface area contributed by atoms with Gasteiger partial charge in [-0.15, -0.1) is 0 Å². The van der Waals surface area contributed by atoms with Crippen molar-refractivity contribution >= 4 is 29.8 Å². The fourth-order valence-corrected chi connectivity index (χ4v) is 17.7. The summed E-state index contributed by atoms with van der Waals surface area (Å²) in [5.41, 5.74) is 0. The van der Waals surface area contributed by atoms with E-state index in [9.17, 15) is 24.0 Å². The summed E-state index contributed by atoms with van der Waals surface area (Å²) in [5.74, 6) is 0.238. The van der Waals surface area contributed by atoms with E-state index >= 15 is 0 Å². The molecule has 0 spiro atoms. The largest absolute Gasteiger partial charge is 0.465 e. The number of allylic oxidation sites excluding steroid dienone is 1. The molecular weight excluding hydrogens is 1500 g/mol. The summed E-state index contributed by atoms with van der Waals surface area (Å²) < 4.78 is 24.4. The van der Waals surface area contributed by atoms with Crippen LogP contribution in [-0.2, 0) is 42.9 Å². The average Bonchev–Trinajstić information content (AvgIpc) is 0.939. The number of rotatable bonds is 101. The van der Waals surface area contributed by atoms with Crippen molar-refractivity contribution in [1.82, 2.24) is 15.1 Å². The fraction of sp³-hybridized carbons (Fsp3) is 0.936. The first-order chi connectivity index (χ1) is 59.5. The van der Waals surface area contributed by atoms with E-state index in [0.717, 1.165) is 245 Å². The lowest BCUT2D eigenvalue weighted by molar-refractivity contribution is -0.151. The zero-order valence-electron chi connectivity index (χ0n) is 82.7. The standard InChI is InChI=1S/C109H211N3O9/c1-9-17-25-33-45-63-81-101(82-64-46-34-26-18-10-2)108(116)118-99-79-61-43-58-75-94-111(93-74-56-41-53-72-90-106(114)120-103(85-67-49-37-29-21-13-5)86-68-50-38-30-22-14-6)95-78-60-55-71-89-105(113)110-92-98-112(96-76-57-42-54-73-91-107(115)121-104(87-69-51-39-31-23-15-7)88-70-52-40-32-24-16-8)97-77-59-44-62-80-100-119-109(117)102(83-65-47-35-27-19-11-3)84-66-48-36-28-20-12-4/h71,89,101-104H,9-70,72-88,90-100H2,1-8H3,(H,110,113). The Balaban J connectivity index is 5.78. The Bertz CT molecular complexity index is 2110. The quantitative estimate of drug-likeness (QED) is 0.0269. The Morgan fingerprint density at radius 1 is 0.248 bits per heavy atom. The van der Waals surface area contributed by atoms with E-state index in [0.29, 0.717) is 32.6 Å². The highest BCUT2D eigenvalue weighted by molar-refractivity contribution is 5.87. The van der Waals surface area contributed by atoms with Crippen LogP contribution >= 0.6 is 0 Å². The molecule has 0 aromatic carbocycles. The molecule has 121 heavy (non-hydrogen) atoms. The number of nitrogens with one attached hydrogen (secondary N) is 1. The summed E-state index contributed by atoms with van der Waals surface area (Å²) in [6.45, 7) is 26.0. The topological polar surface area (TPSA) is 141 Å². The van der Waals surface area contributed by atoms with Gasteiger partial charge in [-0.05, 0) is 186 Å². The van der Waals surface area contributed by atoms with Crippen LogP contribution in [0.2, 0.25) is 0 Å². The van der Waals surface area contributed by atoms with Crippen LogP contribution in [-0.4, -0.2) is 111 Å². The zero-order chi connectivity index (χ0) is 87.9. The van der Waals surface area contributed by atoms with Crippen molar-refractivity contribution < 1.29 is 42.9 Å². The van der Waals surface area contributed by atoms with Gasteiger partial charge in [0.2, 0.25) is 5.91 Å². The normalized spacial score (nSPS) is 11.9. The minimum Gasteiger partial charge on any atom is -0.465 e. The molecule has 0 saturated carbocycles. The monoisotopic (exact) mass is 1710 g/mol. The zero-order valence-corrected chi connectivity index (χ0v) is 82.7. The maximum Gasteiger partial charge on any atom is 0.308 e. The third-order valence-corrected chi connectivity index (χ3v) is 25.9. The van der Waals surface area contributed by atoms with Crippen molar-refractivity contribution in [3.8, 4) is 0 Å². The van der Waals surface area contributed by atoms with Crippen LogP contribution in [0.4, 0.5) is 0 Å². The number of ether oxygens (including phenoxy) is 4. The number of nitrogens with zero attached hydrogens (tertiary/aromatic N) is 2. The van der Waals surface area contributed by atoms with E-state index in [2.05, 4.69) is 76.6 Å². The molecule has 0 aromatic rings. The molecule has 0 heterocycles. The van der Waals surface area contributed by atoms with Crippen LogP contribution in [0.15, 0.2) is 12.2 Å². The first-order valence-corrected chi connectivity index (χ1v) is 54.6. The highest BCUT2D eigenvalue weighted by atomic mass is 16.6. The van der Waals surface area contributed by atoms with Gasteiger partial charge in [0.05, 0.1) is 25.0 Å². The molecule has 0 radical (unpaired) electrons. The minimum absolute atomic E-state index is 0.00352. The molecule has 0 fully saturated rings. The molecule has 716 valence electrons. The smallest absolute Gasteiger partial charge is 0.308 e. The third kappa shape index (κ3) is 86.2. The number of carbonyl (C=O) groups excluding carboxylic acids is 5. The fourth-order valence-electron chi connectivity index (χ4n) is 17.7. The van der Waals surface area contributed by atoms with Gasteiger partial charge in [-0.3, -0.25) is 24.0 Å². The lowest BCUT2D eigenvalue weighted by Gasteiger charge is -2.22. The van der Waals surface area contributed by atoms with Gasteiger partial charge >= 0.3 is 23.9 Å². The highest BCUT2D eigenvalue weighted by Crippen LogP contribution is 2.26. The van der Waals surface area contributed by atoms with Crippen LogP contribution in [0.1, 0.15) is 575 Å². The van der Waals surface area contributed by atoms with Crippen molar-refractivity contribution in [2.75, 3.05) is 59.0 Å².